The highest BCUT2D eigenvalue weighted by atomic mass is 16.5. The second kappa shape index (κ2) is 8.60. The number of carbonyl (C=O) groups is 1. The number of hydrazone groups is 1. The molecule has 7 heteroatoms. The summed E-state index contributed by atoms with van der Waals surface area (Å²) in [5.74, 6) is 1.80. The number of ether oxygens (including phenoxy) is 1. The smallest absolute Gasteiger partial charge is 0.281 e. The fraction of sp³-hybridized carbons (Fsp3) is 0.240. The van der Waals surface area contributed by atoms with Crippen molar-refractivity contribution in [3.8, 4) is 11.8 Å². The van der Waals surface area contributed by atoms with Crippen molar-refractivity contribution in [3.63, 3.8) is 0 Å². The summed E-state index contributed by atoms with van der Waals surface area (Å²) in [5.41, 5.74) is 2.52. The van der Waals surface area contributed by atoms with E-state index in [0.29, 0.717) is 17.1 Å². The number of allylic oxidation sites excluding steroid dienone is 1. The van der Waals surface area contributed by atoms with Crippen LogP contribution in [0.1, 0.15) is 42.4 Å². The molecule has 0 N–H and O–H groups in total. The van der Waals surface area contributed by atoms with Gasteiger partial charge in [-0.05, 0) is 79.4 Å². The Morgan fingerprint density at radius 1 is 1.19 bits per heavy atom. The van der Waals surface area contributed by atoms with E-state index in [1.807, 2.05) is 30.3 Å². The summed E-state index contributed by atoms with van der Waals surface area (Å²) in [6.07, 6.45) is 8.06. The van der Waals surface area contributed by atoms with Crippen molar-refractivity contribution in [3.05, 3.63) is 83.7 Å². The summed E-state index contributed by atoms with van der Waals surface area (Å²) < 4.78 is 16.9. The van der Waals surface area contributed by atoms with Crippen molar-refractivity contribution >= 4 is 17.7 Å². The Labute approximate surface area is 185 Å². The van der Waals surface area contributed by atoms with Crippen molar-refractivity contribution in [1.29, 1.82) is 5.26 Å². The van der Waals surface area contributed by atoms with Crippen LogP contribution in [-0.2, 0) is 4.79 Å². The summed E-state index contributed by atoms with van der Waals surface area (Å²) >= 11 is 0. The van der Waals surface area contributed by atoms with Crippen molar-refractivity contribution in [2.45, 2.75) is 25.3 Å². The number of nitrogens with zero attached hydrogens (tertiary/aromatic N) is 3. The molecule has 2 unspecified atom stereocenters. The molecule has 1 amide bonds. The lowest BCUT2D eigenvalue weighted by Gasteiger charge is -2.27. The topological polar surface area (TPSA) is 92.0 Å². The Hall–Kier alpha value is -4.05. The number of rotatable bonds is 5. The lowest BCUT2D eigenvalue weighted by molar-refractivity contribution is -0.136. The molecule has 0 spiro atoms. The number of carbonyl (C=O) groups excluding carboxylic acids is 1. The second-order valence-corrected chi connectivity index (χ2v) is 7.79. The number of hydrogen-bond donors (Lipinski definition) is 0. The SMILES string of the molecule is N#Cc1ccc(OCC(=O)N2N=C3C(=Cc4ccco4)CCCC3C2c2ccco2)cc1. The number of amides is 1. The summed E-state index contributed by atoms with van der Waals surface area (Å²) in [6.45, 7) is -0.163. The number of fused-ring (bicyclic) bond motifs is 1. The van der Waals surface area contributed by atoms with Crippen LogP contribution in [0.25, 0.3) is 6.08 Å². The molecule has 0 saturated heterocycles. The molecule has 5 rings (SSSR count). The van der Waals surface area contributed by atoms with E-state index in [1.165, 1.54) is 5.01 Å². The van der Waals surface area contributed by atoms with Gasteiger partial charge in [0.15, 0.2) is 6.61 Å². The van der Waals surface area contributed by atoms with Gasteiger partial charge in [0.25, 0.3) is 5.91 Å². The predicted octanol–water partition coefficient (Wildman–Crippen LogP) is 4.95. The van der Waals surface area contributed by atoms with E-state index >= 15 is 0 Å². The van der Waals surface area contributed by atoms with Gasteiger partial charge >= 0.3 is 0 Å². The molecule has 2 aliphatic rings. The summed E-state index contributed by atoms with van der Waals surface area (Å²) in [4.78, 5) is 13.2. The van der Waals surface area contributed by atoms with E-state index in [2.05, 4.69) is 6.07 Å². The van der Waals surface area contributed by atoms with Crippen LogP contribution in [0.3, 0.4) is 0 Å². The fourth-order valence-corrected chi connectivity index (χ4v) is 4.33. The van der Waals surface area contributed by atoms with Crippen LogP contribution in [0.4, 0.5) is 0 Å². The first-order valence-electron chi connectivity index (χ1n) is 10.5. The predicted molar refractivity (Wildman–Crippen MR) is 116 cm³/mol. The van der Waals surface area contributed by atoms with Crippen LogP contribution in [0, 0.1) is 17.2 Å². The van der Waals surface area contributed by atoms with Gasteiger partial charge in [-0.1, -0.05) is 0 Å². The minimum atomic E-state index is -0.308. The lowest BCUT2D eigenvalue weighted by atomic mass is 9.79. The monoisotopic (exact) mass is 427 g/mol. The highest BCUT2D eigenvalue weighted by Gasteiger charge is 2.45. The zero-order chi connectivity index (χ0) is 21.9. The molecule has 1 aliphatic heterocycles. The van der Waals surface area contributed by atoms with Crippen LogP contribution < -0.4 is 4.74 Å². The maximum Gasteiger partial charge on any atom is 0.281 e. The molecule has 0 radical (unpaired) electrons. The van der Waals surface area contributed by atoms with Crippen LogP contribution in [-0.4, -0.2) is 23.2 Å². The Morgan fingerprint density at radius 2 is 2.00 bits per heavy atom. The minimum absolute atomic E-state index is 0.0509. The Morgan fingerprint density at radius 3 is 2.72 bits per heavy atom. The third-order valence-corrected chi connectivity index (χ3v) is 5.80. The third kappa shape index (κ3) is 3.83. The highest BCUT2D eigenvalue weighted by molar-refractivity contribution is 6.08. The number of furan rings is 2. The zero-order valence-electron chi connectivity index (χ0n) is 17.3. The highest BCUT2D eigenvalue weighted by Crippen LogP contribution is 2.44. The third-order valence-electron chi connectivity index (χ3n) is 5.80. The zero-order valence-corrected chi connectivity index (χ0v) is 17.3. The van der Waals surface area contributed by atoms with E-state index in [-0.39, 0.29) is 24.5 Å². The molecule has 1 saturated carbocycles. The molecule has 32 heavy (non-hydrogen) atoms. The second-order valence-electron chi connectivity index (χ2n) is 7.79. The van der Waals surface area contributed by atoms with Gasteiger partial charge in [-0.2, -0.15) is 10.4 Å². The summed E-state index contributed by atoms with van der Waals surface area (Å²) in [7, 11) is 0. The summed E-state index contributed by atoms with van der Waals surface area (Å²) in [6, 6.07) is 15.9. The standard InChI is InChI=1S/C25H21N3O4/c26-15-17-8-10-19(11-9-17)32-16-23(29)28-25(22-7-3-13-31-22)21-6-1-4-18(24(21)27-28)14-20-5-2-12-30-20/h2-3,5,7-14,21,25H,1,4,6,16H2. The first-order chi connectivity index (χ1) is 15.7. The van der Waals surface area contributed by atoms with E-state index in [9.17, 15) is 4.79 Å². The van der Waals surface area contributed by atoms with Crippen LogP contribution >= 0.6 is 0 Å². The number of nitriles is 1. The van der Waals surface area contributed by atoms with Gasteiger partial charge in [0, 0.05) is 5.92 Å². The Kier molecular flexibility index (Phi) is 5.34. The first kappa shape index (κ1) is 19.9. The minimum Gasteiger partial charge on any atom is -0.484 e. The molecule has 160 valence electrons. The van der Waals surface area contributed by atoms with Crippen molar-refractivity contribution in [2.75, 3.05) is 6.61 Å². The van der Waals surface area contributed by atoms with E-state index < -0.39 is 0 Å². The lowest BCUT2D eigenvalue weighted by Crippen LogP contribution is -2.34. The fourth-order valence-electron chi connectivity index (χ4n) is 4.33. The Bertz CT molecular complexity index is 1190. The maximum atomic E-state index is 13.2. The first-order valence-corrected chi connectivity index (χ1v) is 10.5. The van der Waals surface area contributed by atoms with Gasteiger partial charge in [-0.15, -0.1) is 0 Å². The molecule has 3 heterocycles. The van der Waals surface area contributed by atoms with E-state index in [1.54, 1.807) is 36.8 Å². The maximum absolute atomic E-state index is 13.2. The van der Waals surface area contributed by atoms with Gasteiger partial charge in [0.2, 0.25) is 0 Å². The van der Waals surface area contributed by atoms with Gasteiger partial charge in [-0.3, -0.25) is 4.79 Å². The average molecular weight is 427 g/mol. The molecule has 2 atom stereocenters. The molecule has 1 aliphatic carbocycles. The number of benzene rings is 1. The van der Waals surface area contributed by atoms with Crippen molar-refractivity contribution < 1.29 is 18.4 Å². The molecule has 7 nitrogen and oxygen atoms in total. The van der Waals surface area contributed by atoms with Gasteiger partial charge < -0.3 is 13.6 Å². The molecule has 0 bridgehead atoms. The van der Waals surface area contributed by atoms with Crippen molar-refractivity contribution in [2.24, 2.45) is 11.0 Å². The van der Waals surface area contributed by atoms with E-state index in [0.717, 1.165) is 36.3 Å². The molecular weight excluding hydrogens is 406 g/mol. The molecule has 3 aromatic rings. The Balaban J connectivity index is 1.41. The molecule has 1 aromatic carbocycles. The number of hydrogen-bond acceptors (Lipinski definition) is 6. The average Bonchev–Trinajstić information content (AvgIpc) is 3.58. The van der Waals surface area contributed by atoms with Gasteiger partial charge in [0.05, 0.1) is 29.9 Å². The molecule has 2 aromatic heterocycles. The quantitative estimate of drug-likeness (QED) is 0.575. The van der Waals surface area contributed by atoms with Crippen molar-refractivity contribution in [1.82, 2.24) is 5.01 Å². The van der Waals surface area contributed by atoms with Crippen LogP contribution in [0.2, 0.25) is 0 Å². The van der Waals surface area contributed by atoms with Gasteiger partial charge in [-0.25, -0.2) is 5.01 Å². The largest absolute Gasteiger partial charge is 0.484 e. The summed E-state index contributed by atoms with van der Waals surface area (Å²) in [5, 5.41) is 15.2. The van der Waals surface area contributed by atoms with Crippen LogP contribution in [0.15, 0.2) is 80.6 Å². The van der Waals surface area contributed by atoms with E-state index in [4.69, 9.17) is 23.9 Å². The molecule has 1 fully saturated rings. The normalized spacial score (nSPS) is 21.2. The molecular formula is C25H21N3O4. The van der Waals surface area contributed by atoms with Gasteiger partial charge in [0.1, 0.15) is 23.3 Å². The van der Waals surface area contributed by atoms with Crippen LogP contribution in [0.5, 0.6) is 5.75 Å².